The number of aryl methyl sites for hydroxylation is 3. The second-order valence-corrected chi connectivity index (χ2v) is 6.15. The SMILES string of the molecule is COc1nn(C)c2nc(C)c(CCC(=O)Nc3ccc(N)nc3)c(C)c12.Cl.Cl. The van der Waals surface area contributed by atoms with Gasteiger partial charge in [-0.25, -0.2) is 14.6 Å². The van der Waals surface area contributed by atoms with Gasteiger partial charge in [-0.3, -0.25) is 4.79 Å². The Morgan fingerprint density at radius 2 is 2.00 bits per heavy atom. The van der Waals surface area contributed by atoms with Gasteiger partial charge < -0.3 is 15.8 Å². The van der Waals surface area contributed by atoms with E-state index in [1.54, 1.807) is 23.9 Å². The number of hydrogen-bond acceptors (Lipinski definition) is 6. The average molecular weight is 427 g/mol. The van der Waals surface area contributed by atoms with E-state index in [4.69, 9.17) is 10.5 Å². The third kappa shape index (κ3) is 4.63. The number of rotatable bonds is 5. The number of halogens is 2. The highest BCUT2D eigenvalue weighted by Crippen LogP contribution is 2.30. The third-order valence-corrected chi connectivity index (χ3v) is 4.39. The van der Waals surface area contributed by atoms with Crippen LogP contribution < -0.4 is 15.8 Å². The van der Waals surface area contributed by atoms with Crippen LogP contribution in [0.15, 0.2) is 18.3 Å². The van der Waals surface area contributed by atoms with E-state index in [9.17, 15) is 4.79 Å². The summed E-state index contributed by atoms with van der Waals surface area (Å²) in [6, 6.07) is 3.38. The van der Waals surface area contributed by atoms with E-state index >= 15 is 0 Å². The number of ether oxygens (including phenoxy) is 1. The van der Waals surface area contributed by atoms with Crippen molar-refractivity contribution < 1.29 is 9.53 Å². The van der Waals surface area contributed by atoms with Crippen molar-refractivity contribution in [1.29, 1.82) is 0 Å². The van der Waals surface area contributed by atoms with Gasteiger partial charge in [-0.2, -0.15) is 0 Å². The molecule has 0 aliphatic rings. The van der Waals surface area contributed by atoms with Crippen molar-refractivity contribution in [2.24, 2.45) is 7.05 Å². The number of carbonyl (C=O) groups is 1. The Hall–Kier alpha value is -2.58. The lowest BCUT2D eigenvalue weighted by Gasteiger charge is -2.11. The molecule has 1 amide bonds. The van der Waals surface area contributed by atoms with E-state index < -0.39 is 0 Å². The van der Waals surface area contributed by atoms with Gasteiger partial charge >= 0.3 is 0 Å². The van der Waals surface area contributed by atoms with E-state index in [-0.39, 0.29) is 30.7 Å². The summed E-state index contributed by atoms with van der Waals surface area (Å²) in [5.74, 6) is 0.874. The zero-order chi connectivity index (χ0) is 18.8. The van der Waals surface area contributed by atoms with Crippen LogP contribution in [-0.2, 0) is 18.3 Å². The molecule has 0 bridgehead atoms. The van der Waals surface area contributed by atoms with Crippen LogP contribution in [0.4, 0.5) is 11.5 Å². The maximum Gasteiger partial charge on any atom is 0.242 e. The molecule has 8 nitrogen and oxygen atoms in total. The Bertz CT molecular complexity index is 973. The largest absolute Gasteiger partial charge is 0.479 e. The zero-order valence-electron chi connectivity index (χ0n) is 16.1. The molecule has 0 aliphatic heterocycles. The molecule has 0 saturated carbocycles. The first-order valence-electron chi connectivity index (χ1n) is 8.29. The molecule has 0 aromatic carbocycles. The first-order chi connectivity index (χ1) is 12.4. The van der Waals surface area contributed by atoms with Crippen LogP contribution in [0.1, 0.15) is 23.2 Å². The highest BCUT2D eigenvalue weighted by molar-refractivity contribution is 5.91. The van der Waals surface area contributed by atoms with E-state index in [2.05, 4.69) is 20.4 Å². The number of nitrogens with zero attached hydrogens (tertiary/aromatic N) is 4. The second kappa shape index (κ2) is 9.57. The highest BCUT2D eigenvalue weighted by atomic mass is 35.5. The molecular weight excluding hydrogens is 403 g/mol. The molecule has 0 fully saturated rings. The van der Waals surface area contributed by atoms with E-state index in [0.717, 1.165) is 27.9 Å². The molecule has 3 rings (SSSR count). The molecule has 0 spiro atoms. The molecule has 0 aliphatic carbocycles. The van der Waals surface area contributed by atoms with Crippen molar-refractivity contribution in [2.45, 2.75) is 26.7 Å². The lowest BCUT2D eigenvalue weighted by molar-refractivity contribution is -0.116. The van der Waals surface area contributed by atoms with Gasteiger partial charge in [-0.1, -0.05) is 0 Å². The standard InChI is InChI=1S/C18H22N6O2.2ClH/c1-10-13(6-8-15(25)22-12-5-7-14(19)20-9-12)11(2)21-17-16(10)18(26-4)23-24(17)3;;/h5,7,9H,6,8H2,1-4H3,(H2,19,20)(H,22,25);2*1H. The first kappa shape index (κ1) is 23.5. The van der Waals surface area contributed by atoms with Crippen LogP contribution in [-0.4, -0.2) is 32.8 Å². The third-order valence-electron chi connectivity index (χ3n) is 4.39. The van der Waals surface area contributed by atoms with Gasteiger partial charge in [0.1, 0.15) is 5.82 Å². The zero-order valence-corrected chi connectivity index (χ0v) is 17.8. The number of pyridine rings is 2. The number of fused-ring (bicyclic) bond motifs is 1. The second-order valence-electron chi connectivity index (χ2n) is 6.15. The lowest BCUT2D eigenvalue weighted by atomic mass is 10.00. The van der Waals surface area contributed by atoms with Crippen LogP contribution in [0.25, 0.3) is 11.0 Å². The normalized spacial score (nSPS) is 10.1. The molecule has 0 atom stereocenters. The number of hydrogen-bond donors (Lipinski definition) is 2. The Labute approximate surface area is 175 Å². The molecule has 0 unspecified atom stereocenters. The lowest BCUT2D eigenvalue weighted by Crippen LogP contribution is -2.13. The van der Waals surface area contributed by atoms with Crippen LogP contribution in [0.3, 0.4) is 0 Å². The molecule has 0 radical (unpaired) electrons. The van der Waals surface area contributed by atoms with E-state index in [0.29, 0.717) is 30.2 Å². The number of aromatic nitrogens is 4. The first-order valence-corrected chi connectivity index (χ1v) is 8.29. The summed E-state index contributed by atoms with van der Waals surface area (Å²) < 4.78 is 7.08. The Balaban J connectivity index is 0.00000196. The van der Waals surface area contributed by atoms with Crippen LogP contribution in [0, 0.1) is 13.8 Å². The fourth-order valence-electron chi connectivity index (χ4n) is 3.05. The van der Waals surface area contributed by atoms with Crippen molar-refractivity contribution in [3.63, 3.8) is 0 Å². The van der Waals surface area contributed by atoms with E-state index in [1.165, 1.54) is 6.20 Å². The molecule has 0 saturated heterocycles. The van der Waals surface area contributed by atoms with Crippen molar-refractivity contribution in [2.75, 3.05) is 18.2 Å². The summed E-state index contributed by atoms with van der Waals surface area (Å²) in [5, 5.41) is 8.06. The van der Waals surface area contributed by atoms with Gasteiger partial charge in [0.15, 0.2) is 5.65 Å². The summed E-state index contributed by atoms with van der Waals surface area (Å²) in [6.45, 7) is 3.96. The van der Waals surface area contributed by atoms with Gasteiger partial charge in [-0.15, -0.1) is 29.9 Å². The molecule has 3 aromatic heterocycles. The predicted octanol–water partition coefficient (Wildman–Crippen LogP) is 2.99. The monoisotopic (exact) mass is 426 g/mol. The summed E-state index contributed by atoms with van der Waals surface area (Å²) in [4.78, 5) is 20.9. The number of carbonyl (C=O) groups excluding carboxylic acids is 1. The highest BCUT2D eigenvalue weighted by Gasteiger charge is 2.18. The average Bonchev–Trinajstić information content (AvgIpc) is 2.93. The molecular formula is C18H24Cl2N6O2. The number of nitrogens with one attached hydrogen (secondary N) is 1. The molecule has 3 N–H and O–H groups in total. The summed E-state index contributed by atoms with van der Waals surface area (Å²) in [5.41, 5.74) is 9.92. The predicted molar refractivity (Wildman–Crippen MR) is 115 cm³/mol. The number of amides is 1. The summed E-state index contributed by atoms with van der Waals surface area (Å²) >= 11 is 0. The molecule has 152 valence electrons. The number of nitrogen functional groups attached to an aromatic ring is 1. The minimum atomic E-state index is -0.0892. The molecule has 10 heteroatoms. The van der Waals surface area contributed by atoms with Gasteiger partial charge in [0.25, 0.3) is 0 Å². The van der Waals surface area contributed by atoms with Crippen molar-refractivity contribution in [3.8, 4) is 5.88 Å². The molecule has 3 heterocycles. The fourth-order valence-corrected chi connectivity index (χ4v) is 3.05. The van der Waals surface area contributed by atoms with Gasteiger partial charge in [0, 0.05) is 19.2 Å². The van der Waals surface area contributed by atoms with Crippen molar-refractivity contribution in [3.05, 3.63) is 35.2 Å². The fraction of sp³-hybridized carbons (Fsp3) is 0.333. The van der Waals surface area contributed by atoms with Gasteiger partial charge in [-0.05, 0) is 43.5 Å². The summed E-state index contributed by atoms with van der Waals surface area (Å²) in [7, 11) is 3.43. The number of methoxy groups -OCH3 is 1. The van der Waals surface area contributed by atoms with Crippen LogP contribution >= 0.6 is 24.8 Å². The maximum atomic E-state index is 12.3. The Morgan fingerprint density at radius 1 is 1.29 bits per heavy atom. The topological polar surface area (TPSA) is 108 Å². The maximum absolute atomic E-state index is 12.3. The number of nitrogens with two attached hydrogens (primary N) is 1. The van der Waals surface area contributed by atoms with E-state index in [1.807, 2.05) is 20.9 Å². The smallest absolute Gasteiger partial charge is 0.242 e. The minimum Gasteiger partial charge on any atom is -0.479 e. The summed E-state index contributed by atoms with van der Waals surface area (Å²) in [6.07, 6.45) is 2.45. The quantitative estimate of drug-likeness (QED) is 0.648. The Morgan fingerprint density at radius 3 is 2.61 bits per heavy atom. The van der Waals surface area contributed by atoms with Crippen LogP contribution in [0.5, 0.6) is 5.88 Å². The van der Waals surface area contributed by atoms with Crippen molar-refractivity contribution in [1.82, 2.24) is 19.7 Å². The number of anilines is 2. The molecule has 3 aromatic rings. The minimum absolute atomic E-state index is 0. The van der Waals surface area contributed by atoms with Crippen LogP contribution in [0.2, 0.25) is 0 Å². The Kier molecular flexibility index (Phi) is 8.01. The van der Waals surface area contributed by atoms with Gasteiger partial charge in [0.05, 0.1) is 24.4 Å². The van der Waals surface area contributed by atoms with Crippen molar-refractivity contribution >= 4 is 53.3 Å². The van der Waals surface area contributed by atoms with Gasteiger partial charge in [0.2, 0.25) is 11.8 Å². The molecule has 28 heavy (non-hydrogen) atoms.